The molecule has 1 aliphatic rings. The molecule has 0 aromatic carbocycles. The van der Waals surface area contributed by atoms with Gasteiger partial charge >= 0.3 is 0 Å². The van der Waals surface area contributed by atoms with Crippen LogP contribution in [0.1, 0.15) is 11.8 Å². The van der Waals surface area contributed by atoms with E-state index in [4.69, 9.17) is 9.26 Å². The maximum atomic E-state index is 5.39. The summed E-state index contributed by atoms with van der Waals surface area (Å²) in [6.07, 6.45) is 1.40. The van der Waals surface area contributed by atoms with E-state index < -0.39 is 0 Å². The van der Waals surface area contributed by atoms with Crippen molar-refractivity contribution >= 4 is 0 Å². The number of H-pyrrole nitrogens is 1. The topological polar surface area (TPSA) is 102 Å². The number of hydrogen-bond donors (Lipinski definition) is 2. The summed E-state index contributed by atoms with van der Waals surface area (Å²) in [5.41, 5.74) is 0. The van der Waals surface area contributed by atoms with Gasteiger partial charge in [0.1, 0.15) is 6.33 Å². The predicted molar refractivity (Wildman–Crippen MR) is 56.1 cm³/mol. The largest absolute Gasteiger partial charge is 0.379 e. The molecular weight excluding hydrogens is 224 g/mol. The van der Waals surface area contributed by atoms with E-state index in [1.54, 1.807) is 0 Å². The van der Waals surface area contributed by atoms with Gasteiger partial charge in [-0.3, -0.25) is 5.10 Å². The highest BCUT2D eigenvalue weighted by Crippen LogP contribution is 2.25. The van der Waals surface area contributed by atoms with Crippen LogP contribution in [0.5, 0.6) is 0 Å². The Hall–Kier alpha value is -1.80. The normalized spacial score (nSPS) is 24.3. The lowest BCUT2D eigenvalue weighted by atomic mass is 10.0. The molecule has 90 valence electrons. The Balaban J connectivity index is 1.85. The Morgan fingerprint density at radius 2 is 2.41 bits per heavy atom. The first-order chi connectivity index (χ1) is 8.38. The molecule has 3 rings (SSSR count). The van der Waals surface area contributed by atoms with Crippen LogP contribution in [0, 0.1) is 0 Å². The van der Waals surface area contributed by atoms with Crippen LogP contribution in [0.2, 0.25) is 0 Å². The van der Waals surface area contributed by atoms with Crippen LogP contribution in [0.3, 0.4) is 0 Å². The first kappa shape index (κ1) is 10.4. The Morgan fingerprint density at radius 1 is 1.47 bits per heavy atom. The summed E-state index contributed by atoms with van der Waals surface area (Å²) in [4.78, 5) is 8.27. The highest BCUT2D eigenvalue weighted by atomic mass is 16.5. The third-order valence-corrected chi connectivity index (χ3v) is 2.84. The molecule has 2 N–H and O–H groups in total. The number of ether oxygens (including phenoxy) is 1. The molecule has 1 aliphatic heterocycles. The number of likely N-dealkylation sites (N-methyl/N-ethyl adjacent to an activating group) is 1. The van der Waals surface area contributed by atoms with Crippen LogP contribution in [-0.2, 0) is 4.74 Å². The van der Waals surface area contributed by atoms with E-state index in [-0.39, 0.29) is 12.0 Å². The molecule has 17 heavy (non-hydrogen) atoms. The Bertz CT molecular complexity index is 481. The van der Waals surface area contributed by atoms with Gasteiger partial charge in [0, 0.05) is 6.04 Å². The fourth-order valence-corrected chi connectivity index (χ4v) is 1.88. The van der Waals surface area contributed by atoms with Crippen molar-refractivity contribution in [2.24, 2.45) is 0 Å². The van der Waals surface area contributed by atoms with Gasteiger partial charge in [-0.1, -0.05) is 5.16 Å². The van der Waals surface area contributed by atoms with Crippen molar-refractivity contribution in [3.63, 3.8) is 0 Å². The molecule has 8 heteroatoms. The molecule has 2 atom stereocenters. The molecule has 0 radical (unpaired) electrons. The molecule has 3 heterocycles. The second-order valence-corrected chi connectivity index (χ2v) is 3.83. The molecule has 0 bridgehead atoms. The Labute approximate surface area is 96.8 Å². The molecule has 2 aromatic rings. The van der Waals surface area contributed by atoms with Crippen LogP contribution in [0.15, 0.2) is 10.9 Å². The van der Waals surface area contributed by atoms with Gasteiger partial charge < -0.3 is 14.6 Å². The second-order valence-electron chi connectivity index (χ2n) is 3.83. The van der Waals surface area contributed by atoms with Crippen molar-refractivity contribution in [2.75, 3.05) is 20.3 Å². The van der Waals surface area contributed by atoms with Crippen LogP contribution in [0.4, 0.5) is 0 Å². The molecule has 0 spiro atoms. The standard InChI is InChI=1S/C9H12N6O2/c1-10-6-3-16-2-5(6)9-13-8(15-17-9)7-11-4-12-14-7/h4-6,10H,2-3H2,1H3,(H,11,12,14). The lowest BCUT2D eigenvalue weighted by Gasteiger charge is -2.11. The zero-order valence-electron chi connectivity index (χ0n) is 9.25. The first-order valence-corrected chi connectivity index (χ1v) is 5.33. The smallest absolute Gasteiger partial charge is 0.239 e. The SMILES string of the molecule is CNC1COCC1c1nc(-c2ncn[nH]2)no1. The number of rotatable bonds is 3. The van der Waals surface area contributed by atoms with Crippen LogP contribution >= 0.6 is 0 Å². The zero-order valence-corrected chi connectivity index (χ0v) is 9.25. The van der Waals surface area contributed by atoms with Gasteiger partial charge in [0.15, 0.2) is 5.82 Å². The lowest BCUT2D eigenvalue weighted by molar-refractivity contribution is 0.185. The third-order valence-electron chi connectivity index (χ3n) is 2.84. The number of nitrogens with one attached hydrogen (secondary N) is 2. The Morgan fingerprint density at radius 3 is 3.18 bits per heavy atom. The second kappa shape index (κ2) is 4.22. The molecule has 1 saturated heterocycles. The predicted octanol–water partition coefficient (Wildman–Crippen LogP) is -0.444. The highest BCUT2D eigenvalue weighted by molar-refractivity contribution is 5.39. The molecular formula is C9H12N6O2. The van der Waals surface area contributed by atoms with Gasteiger partial charge in [-0.05, 0) is 7.05 Å². The quantitative estimate of drug-likeness (QED) is 0.744. The maximum absolute atomic E-state index is 5.39. The van der Waals surface area contributed by atoms with Gasteiger partial charge in [-0.25, -0.2) is 4.98 Å². The van der Waals surface area contributed by atoms with E-state index in [9.17, 15) is 0 Å². The fourth-order valence-electron chi connectivity index (χ4n) is 1.88. The van der Waals surface area contributed by atoms with Crippen LogP contribution in [0.25, 0.3) is 11.6 Å². The van der Waals surface area contributed by atoms with Crippen molar-refractivity contribution in [2.45, 2.75) is 12.0 Å². The first-order valence-electron chi connectivity index (χ1n) is 5.33. The molecule has 0 aliphatic carbocycles. The number of hydrogen-bond acceptors (Lipinski definition) is 7. The minimum absolute atomic E-state index is 0.0872. The van der Waals surface area contributed by atoms with Crippen molar-refractivity contribution in [1.29, 1.82) is 0 Å². The molecule has 0 amide bonds. The minimum Gasteiger partial charge on any atom is -0.379 e. The van der Waals surface area contributed by atoms with Crippen molar-refractivity contribution in [3.05, 3.63) is 12.2 Å². The fraction of sp³-hybridized carbons (Fsp3) is 0.556. The summed E-state index contributed by atoms with van der Waals surface area (Å²) in [6, 6.07) is 0.207. The zero-order chi connectivity index (χ0) is 11.7. The molecule has 8 nitrogen and oxygen atoms in total. The average Bonchev–Trinajstić information content (AvgIpc) is 3.09. The molecule has 1 fully saturated rings. The van der Waals surface area contributed by atoms with E-state index >= 15 is 0 Å². The molecule has 2 unspecified atom stereocenters. The minimum atomic E-state index is 0.0872. The maximum Gasteiger partial charge on any atom is 0.239 e. The summed E-state index contributed by atoms with van der Waals surface area (Å²) in [5, 5.41) is 13.5. The van der Waals surface area contributed by atoms with Gasteiger partial charge in [0.25, 0.3) is 0 Å². The summed E-state index contributed by atoms with van der Waals surface area (Å²) in [7, 11) is 1.89. The van der Waals surface area contributed by atoms with Gasteiger partial charge in [0.05, 0.1) is 19.1 Å². The summed E-state index contributed by atoms with van der Waals surface area (Å²) < 4.78 is 10.6. The number of aromatic amines is 1. The van der Waals surface area contributed by atoms with E-state index in [1.165, 1.54) is 6.33 Å². The average molecular weight is 236 g/mol. The van der Waals surface area contributed by atoms with Crippen molar-refractivity contribution < 1.29 is 9.26 Å². The van der Waals surface area contributed by atoms with Crippen molar-refractivity contribution in [3.8, 4) is 11.6 Å². The van der Waals surface area contributed by atoms with Crippen LogP contribution < -0.4 is 5.32 Å². The van der Waals surface area contributed by atoms with E-state index in [1.807, 2.05) is 7.05 Å². The molecule has 0 saturated carbocycles. The summed E-state index contributed by atoms with van der Waals surface area (Å²) in [6.45, 7) is 1.24. The summed E-state index contributed by atoms with van der Waals surface area (Å²) in [5.74, 6) is 1.57. The van der Waals surface area contributed by atoms with Gasteiger partial charge in [-0.15, -0.1) is 0 Å². The highest BCUT2D eigenvalue weighted by Gasteiger charge is 2.33. The third kappa shape index (κ3) is 1.81. The van der Waals surface area contributed by atoms with Crippen LogP contribution in [-0.4, -0.2) is 51.6 Å². The Kier molecular flexibility index (Phi) is 2.57. The van der Waals surface area contributed by atoms with Gasteiger partial charge in [-0.2, -0.15) is 10.1 Å². The number of nitrogens with zero attached hydrogens (tertiary/aromatic N) is 4. The van der Waals surface area contributed by atoms with E-state index in [0.29, 0.717) is 30.8 Å². The molecule has 2 aromatic heterocycles. The van der Waals surface area contributed by atoms with Gasteiger partial charge in [0.2, 0.25) is 11.7 Å². The number of aromatic nitrogens is 5. The monoisotopic (exact) mass is 236 g/mol. The van der Waals surface area contributed by atoms with E-state index in [2.05, 4.69) is 30.6 Å². The lowest BCUT2D eigenvalue weighted by Crippen LogP contribution is -2.31. The van der Waals surface area contributed by atoms with E-state index in [0.717, 1.165) is 0 Å². The van der Waals surface area contributed by atoms with Crippen molar-refractivity contribution in [1.82, 2.24) is 30.6 Å². The summed E-state index contributed by atoms with van der Waals surface area (Å²) >= 11 is 0.